The topological polar surface area (TPSA) is 77.9 Å². The zero-order valence-corrected chi connectivity index (χ0v) is 9.89. The van der Waals surface area contributed by atoms with Crippen molar-refractivity contribution in [3.63, 3.8) is 0 Å². The van der Waals surface area contributed by atoms with Crippen molar-refractivity contribution >= 4 is 5.91 Å². The van der Waals surface area contributed by atoms with Crippen molar-refractivity contribution in [1.82, 2.24) is 5.32 Å². The van der Waals surface area contributed by atoms with Crippen molar-refractivity contribution in [3.8, 4) is 0 Å². The molecular formula is C12H16N4O. The number of nitrogens with one attached hydrogen (secondary N) is 1. The van der Waals surface area contributed by atoms with E-state index >= 15 is 0 Å². The van der Waals surface area contributed by atoms with Gasteiger partial charge in [-0.05, 0) is 36.9 Å². The minimum absolute atomic E-state index is 0.0492. The van der Waals surface area contributed by atoms with Gasteiger partial charge in [0.2, 0.25) is 0 Å². The van der Waals surface area contributed by atoms with Crippen LogP contribution in [0.5, 0.6) is 0 Å². The second-order valence-corrected chi connectivity index (χ2v) is 3.73. The number of unbranched alkanes of at least 4 members (excludes halogenated alkanes) is 1. The van der Waals surface area contributed by atoms with Crippen molar-refractivity contribution in [3.05, 3.63) is 45.8 Å². The van der Waals surface area contributed by atoms with Crippen LogP contribution in [0.1, 0.15) is 28.8 Å². The van der Waals surface area contributed by atoms with Gasteiger partial charge in [-0.15, -0.1) is 0 Å². The molecule has 0 bridgehead atoms. The Morgan fingerprint density at radius 3 is 2.88 bits per heavy atom. The summed E-state index contributed by atoms with van der Waals surface area (Å²) in [4.78, 5) is 14.4. The van der Waals surface area contributed by atoms with Gasteiger partial charge in [-0.2, -0.15) is 0 Å². The van der Waals surface area contributed by atoms with E-state index in [1.54, 1.807) is 0 Å². The monoisotopic (exact) mass is 232 g/mol. The van der Waals surface area contributed by atoms with Gasteiger partial charge in [0.15, 0.2) is 0 Å². The Balaban J connectivity index is 2.31. The smallest absolute Gasteiger partial charge is 0.251 e. The first-order valence-corrected chi connectivity index (χ1v) is 5.60. The Kier molecular flexibility index (Phi) is 5.61. The lowest BCUT2D eigenvalue weighted by molar-refractivity contribution is 0.0952. The summed E-state index contributed by atoms with van der Waals surface area (Å²) in [5.41, 5.74) is 9.76. The minimum Gasteiger partial charge on any atom is -0.352 e. The maximum atomic E-state index is 11.8. The summed E-state index contributed by atoms with van der Waals surface area (Å²) < 4.78 is 0. The van der Waals surface area contributed by atoms with Crippen LogP contribution in [0, 0.1) is 6.92 Å². The first kappa shape index (κ1) is 13.1. The van der Waals surface area contributed by atoms with E-state index in [1.165, 1.54) is 0 Å². The predicted molar refractivity (Wildman–Crippen MR) is 66.8 cm³/mol. The van der Waals surface area contributed by atoms with Crippen LogP contribution in [0.3, 0.4) is 0 Å². The number of carbonyl (C=O) groups excluding carboxylic acids is 1. The van der Waals surface area contributed by atoms with E-state index in [4.69, 9.17) is 5.53 Å². The normalized spacial score (nSPS) is 9.47. The van der Waals surface area contributed by atoms with Gasteiger partial charge in [0.1, 0.15) is 0 Å². The van der Waals surface area contributed by atoms with Crippen molar-refractivity contribution in [2.24, 2.45) is 5.11 Å². The SMILES string of the molecule is Cc1ccccc1C(=O)NCCCCN=[N+]=[N-]. The number of aryl methyl sites for hydroxylation is 1. The van der Waals surface area contributed by atoms with Gasteiger partial charge >= 0.3 is 0 Å². The van der Waals surface area contributed by atoms with Crippen LogP contribution in [0.25, 0.3) is 10.4 Å². The second-order valence-electron chi connectivity index (χ2n) is 3.73. The van der Waals surface area contributed by atoms with Crippen molar-refractivity contribution in [2.75, 3.05) is 13.1 Å². The average Bonchev–Trinajstić information content (AvgIpc) is 2.34. The molecule has 1 amide bonds. The number of nitrogens with zero attached hydrogens (tertiary/aromatic N) is 3. The molecule has 0 fully saturated rings. The molecule has 0 radical (unpaired) electrons. The quantitative estimate of drug-likeness (QED) is 0.348. The second kappa shape index (κ2) is 7.30. The molecule has 0 aromatic heterocycles. The van der Waals surface area contributed by atoms with Gasteiger partial charge < -0.3 is 5.32 Å². The first-order chi connectivity index (χ1) is 8.25. The van der Waals surface area contributed by atoms with Gasteiger partial charge in [0, 0.05) is 23.6 Å². The van der Waals surface area contributed by atoms with E-state index in [0.29, 0.717) is 18.7 Å². The molecule has 5 nitrogen and oxygen atoms in total. The number of hydrogen-bond acceptors (Lipinski definition) is 2. The van der Waals surface area contributed by atoms with Crippen LogP contribution in [-0.2, 0) is 0 Å². The number of benzene rings is 1. The van der Waals surface area contributed by atoms with E-state index in [2.05, 4.69) is 15.3 Å². The Labute approximate surface area is 100 Å². The molecular weight excluding hydrogens is 216 g/mol. The van der Waals surface area contributed by atoms with Crippen LogP contribution in [0.2, 0.25) is 0 Å². The third-order valence-corrected chi connectivity index (χ3v) is 2.42. The largest absolute Gasteiger partial charge is 0.352 e. The number of rotatable bonds is 6. The summed E-state index contributed by atoms with van der Waals surface area (Å²) >= 11 is 0. The number of carbonyl (C=O) groups is 1. The van der Waals surface area contributed by atoms with Crippen molar-refractivity contribution in [1.29, 1.82) is 0 Å². The Morgan fingerprint density at radius 2 is 2.18 bits per heavy atom. The highest BCUT2D eigenvalue weighted by molar-refractivity contribution is 5.95. The van der Waals surface area contributed by atoms with Crippen LogP contribution >= 0.6 is 0 Å². The fourth-order valence-electron chi connectivity index (χ4n) is 1.48. The molecule has 17 heavy (non-hydrogen) atoms. The molecule has 0 spiro atoms. The molecule has 0 heterocycles. The van der Waals surface area contributed by atoms with Crippen LogP contribution in [-0.4, -0.2) is 19.0 Å². The lowest BCUT2D eigenvalue weighted by atomic mass is 10.1. The maximum Gasteiger partial charge on any atom is 0.251 e. The summed E-state index contributed by atoms with van der Waals surface area (Å²) in [6.45, 7) is 3.00. The van der Waals surface area contributed by atoms with Gasteiger partial charge in [0.05, 0.1) is 0 Å². The lowest BCUT2D eigenvalue weighted by Gasteiger charge is -2.06. The fraction of sp³-hybridized carbons (Fsp3) is 0.417. The van der Waals surface area contributed by atoms with Crippen LogP contribution in [0.15, 0.2) is 29.4 Å². The number of hydrogen-bond donors (Lipinski definition) is 1. The van der Waals surface area contributed by atoms with Crippen LogP contribution < -0.4 is 5.32 Å². The average molecular weight is 232 g/mol. The van der Waals surface area contributed by atoms with Crippen molar-refractivity contribution < 1.29 is 4.79 Å². The van der Waals surface area contributed by atoms with E-state index in [0.717, 1.165) is 18.4 Å². The molecule has 1 aromatic carbocycles. The zero-order valence-electron chi connectivity index (χ0n) is 9.89. The standard InChI is InChI=1S/C12H16N4O/c1-10-6-2-3-7-11(10)12(17)14-8-4-5-9-15-16-13/h2-3,6-7H,4-5,8-9H2,1H3,(H,14,17). The molecule has 0 aliphatic heterocycles. The molecule has 0 saturated heterocycles. The Hall–Kier alpha value is -2.00. The predicted octanol–water partition coefficient (Wildman–Crippen LogP) is 2.82. The summed E-state index contributed by atoms with van der Waals surface area (Å²) in [7, 11) is 0. The summed E-state index contributed by atoms with van der Waals surface area (Å²) in [6, 6.07) is 7.48. The van der Waals surface area contributed by atoms with E-state index in [-0.39, 0.29) is 5.91 Å². The first-order valence-electron chi connectivity index (χ1n) is 5.60. The molecule has 0 unspecified atom stereocenters. The molecule has 1 rings (SSSR count). The van der Waals surface area contributed by atoms with E-state index in [9.17, 15) is 4.79 Å². The summed E-state index contributed by atoms with van der Waals surface area (Å²) in [5.74, 6) is -0.0492. The Morgan fingerprint density at radius 1 is 1.41 bits per heavy atom. The summed E-state index contributed by atoms with van der Waals surface area (Å²) in [6.07, 6.45) is 1.61. The molecule has 0 aliphatic carbocycles. The van der Waals surface area contributed by atoms with Gasteiger partial charge in [-0.25, -0.2) is 0 Å². The highest BCUT2D eigenvalue weighted by Gasteiger charge is 2.06. The molecule has 0 saturated carbocycles. The molecule has 90 valence electrons. The van der Waals surface area contributed by atoms with Crippen molar-refractivity contribution in [2.45, 2.75) is 19.8 Å². The molecule has 0 atom stereocenters. The fourth-order valence-corrected chi connectivity index (χ4v) is 1.48. The third kappa shape index (κ3) is 4.57. The Bertz CT molecular complexity index is 424. The van der Waals surface area contributed by atoms with Gasteiger partial charge in [-0.1, -0.05) is 23.3 Å². The maximum absolute atomic E-state index is 11.8. The molecule has 0 aliphatic rings. The van der Waals surface area contributed by atoms with Gasteiger partial charge in [0.25, 0.3) is 5.91 Å². The van der Waals surface area contributed by atoms with Crippen LogP contribution in [0.4, 0.5) is 0 Å². The highest BCUT2D eigenvalue weighted by atomic mass is 16.1. The molecule has 1 N–H and O–H groups in total. The molecule has 5 heteroatoms. The highest BCUT2D eigenvalue weighted by Crippen LogP contribution is 2.06. The minimum atomic E-state index is -0.0492. The zero-order chi connectivity index (χ0) is 12.5. The lowest BCUT2D eigenvalue weighted by Crippen LogP contribution is -2.25. The molecule has 1 aromatic rings. The third-order valence-electron chi connectivity index (χ3n) is 2.42. The van der Waals surface area contributed by atoms with Gasteiger partial charge in [-0.3, -0.25) is 4.79 Å². The van der Waals surface area contributed by atoms with E-state index < -0.39 is 0 Å². The van der Waals surface area contributed by atoms with E-state index in [1.807, 2.05) is 31.2 Å². The number of azide groups is 1. The number of amides is 1. The summed E-state index contributed by atoms with van der Waals surface area (Å²) in [5, 5.41) is 6.27.